The monoisotopic (exact) mass is 222 g/mol. The van der Waals surface area contributed by atoms with Crippen LogP contribution in [0.3, 0.4) is 0 Å². The van der Waals surface area contributed by atoms with Crippen molar-refractivity contribution in [2.75, 3.05) is 24.7 Å². The van der Waals surface area contributed by atoms with Gasteiger partial charge in [0.1, 0.15) is 0 Å². The average molecular weight is 223 g/mol. The molecule has 1 aromatic rings. The van der Waals surface area contributed by atoms with Gasteiger partial charge in [-0.2, -0.15) is 0 Å². The lowest BCUT2D eigenvalue weighted by Crippen LogP contribution is -2.10. The van der Waals surface area contributed by atoms with Gasteiger partial charge in [0.2, 0.25) is 0 Å². The fourth-order valence-corrected chi connectivity index (χ4v) is 1.11. The van der Waals surface area contributed by atoms with Gasteiger partial charge in [0.25, 0.3) is 0 Å². The largest absolute Gasteiger partial charge is 0.399 e. The molecule has 0 aromatic heterocycles. The quantitative estimate of drug-likeness (QED) is 0.741. The van der Waals surface area contributed by atoms with Crippen LogP contribution < -0.4 is 10.6 Å². The van der Waals surface area contributed by atoms with E-state index in [1.165, 1.54) is 11.3 Å². The van der Waals surface area contributed by atoms with Crippen molar-refractivity contribution in [3.63, 3.8) is 0 Å². The number of nitrogens with zero attached hydrogens (tertiary/aromatic N) is 1. The highest BCUT2D eigenvalue weighted by atomic mass is 35.5. The van der Waals surface area contributed by atoms with Gasteiger partial charge < -0.3 is 10.6 Å². The minimum atomic E-state index is 0. The summed E-state index contributed by atoms with van der Waals surface area (Å²) in [5.41, 5.74) is 8.90. The summed E-state index contributed by atoms with van der Waals surface area (Å²) in [4.78, 5) is 2.06. The lowest BCUT2D eigenvalue weighted by Gasteiger charge is -2.15. The van der Waals surface area contributed by atoms with Crippen molar-refractivity contribution in [1.82, 2.24) is 0 Å². The van der Waals surface area contributed by atoms with Crippen molar-refractivity contribution in [3.8, 4) is 0 Å². The fourth-order valence-electron chi connectivity index (χ4n) is 1.11. The van der Waals surface area contributed by atoms with Crippen LogP contribution in [-0.4, -0.2) is 14.1 Å². The third-order valence-electron chi connectivity index (χ3n) is 1.71. The Morgan fingerprint density at radius 2 is 1.69 bits per heavy atom. The van der Waals surface area contributed by atoms with Crippen LogP contribution in [-0.2, 0) is 0 Å². The molecule has 76 valence electrons. The molecule has 4 heteroatoms. The second kappa shape index (κ2) is 5.95. The summed E-state index contributed by atoms with van der Waals surface area (Å²) < 4.78 is 0. The predicted molar refractivity (Wildman–Crippen MR) is 64.4 cm³/mol. The molecule has 0 saturated carbocycles. The highest BCUT2D eigenvalue weighted by molar-refractivity contribution is 5.85. The van der Waals surface area contributed by atoms with Gasteiger partial charge in [-0.05, 0) is 24.6 Å². The van der Waals surface area contributed by atoms with Gasteiger partial charge in [-0.1, -0.05) is 6.07 Å². The van der Waals surface area contributed by atoms with Crippen LogP contribution in [0, 0.1) is 6.92 Å². The molecule has 13 heavy (non-hydrogen) atoms. The molecular weight excluding hydrogens is 207 g/mol. The molecule has 0 bridgehead atoms. The molecule has 1 aromatic carbocycles. The van der Waals surface area contributed by atoms with Gasteiger partial charge in [0.05, 0.1) is 0 Å². The normalized spacial score (nSPS) is 8.23. The summed E-state index contributed by atoms with van der Waals surface area (Å²) in [6.07, 6.45) is 0. The van der Waals surface area contributed by atoms with Crippen LogP contribution in [0.25, 0.3) is 0 Å². The van der Waals surface area contributed by atoms with E-state index >= 15 is 0 Å². The van der Waals surface area contributed by atoms with E-state index in [-0.39, 0.29) is 24.8 Å². The molecule has 0 radical (unpaired) electrons. The van der Waals surface area contributed by atoms with Crippen molar-refractivity contribution in [2.45, 2.75) is 6.92 Å². The second-order valence-electron chi connectivity index (χ2n) is 2.94. The first-order chi connectivity index (χ1) is 5.11. The first-order valence-electron chi connectivity index (χ1n) is 3.64. The number of halogens is 2. The maximum Gasteiger partial charge on any atom is 0.0411 e. The number of aryl methyl sites for hydroxylation is 1. The zero-order chi connectivity index (χ0) is 8.43. The number of hydrogen-bond donors (Lipinski definition) is 1. The SMILES string of the molecule is Cc1ccc(N)cc1N(C)C.Cl.Cl. The van der Waals surface area contributed by atoms with E-state index in [0.717, 1.165) is 5.69 Å². The molecule has 0 heterocycles. The first kappa shape index (κ1) is 14.9. The summed E-state index contributed by atoms with van der Waals surface area (Å²) >= 11 is 0. The number of nitrogens with two attached hydrogens (primary N) is 1. The maximum atomic E-state index is 5.64. The van der Waals surface area contributed by atoms with Gasteiger partial charge in [0.15, 0.2) is 0 Å². The van der Waals surface area contributed by atoms with Crippen LogP contribution in [0.1, 0.15) is 5.56 Å². The Morgan fingerprint density at radius 1 is 1.15 bits per heavy atom. The Morgan fingerprint density at radius 3 is 2.08 bits per heavy atom. The van der Waals surface area contributed by atoms with Crippen molar-refractivity contribution in [2.24, 2.45) is 0 Å². The van der Waals surface area contributed by atoms with E-state index in [1.54, 1.807) is 0 Å². The summed E-state index contributed by atoms with van der Waals surface area (Å²) in [6.45, 7) is 2.08. The van der Waals surface area contributed by atoms with Crippen molar-refractivity contribution >= 4 is 36.2 Å². The second-order valence-corrected chi connectivity index (χ2v) is 2.94. The molecule has 0 aliphatic heterocycles. The molecule has 2 N–H and O–H groups in total. The number of rotatable bonds is 1. The molecule has 0 amide bonds. The van der Waals surface area contributed by atoms with Gasteiger partial charge in [-0.25, -0.2) is 0 Å². The van der Waals surface area contributed by atoms with Gasteiger partial charge in [0, 0.05) is 25.5 Å². The molecule has 0 fully saturated rings. The Bertz CT molecular complexity index is 262. The van der Waals surface area contributed by atoms with Crippen molar-refractivity contribution < 1.29 is 0 Å². The number of benzene rings is 1. The molecule has 0 unspecified atom stereocenters. The first-order valence-corrected chi connectivity index (χ1v) is 3.64. The lowest BCUT2D eigenvalue weighted by molar-refractivity contribution is 1.12. The highest BCUT2D eigenvalue weighted by Crippen LogP contribution is 2.20. The minimum absolute atomic E-state index is 0. The van der Waals surface area contributed by atoms with Gasteiger partial charge in [-0.15, -0.1) is 24.8 Å². The molecule has 0 aliphatic carbocycles. The molecule has 1 rings (SSSR count). The number of anilines is 2. The summed E-state index contributed by atoms with van der Waals surface area (Å²) in [6, 6.07) is 5.93. The summed E-state index contributed by atoms with van der Waals surface area (Å²) in [7, 11) is 4.03. The van der Waals surface area contributed by atoms with E-state index < -0.39 is 0 Å². The third-order valence-corrected chi connectivity index (χ3v) is 1.71. The van der Waals surface area contributed by atoms with E-state index in [2.05, 4.69) is 11.8 Å². The van der Waals surface area contributed by atoms with Crippen LogP contribution in [0.5, 0.6) is 0 Å². The van der Waals surface area contributed by atoms with E-state index in [0.29, 0.717) is 0 Å². The molecule has 0 spiro atoms. The van der Waals surface area contributed by atoms with Gasteiger partial charge in [-0.3, -0.25) is 0 Å². The molecule has 0 saturated heterocycles. The Kier molecular flexibility index (Phi) is 6.82. The number of nitrogen functional groups attached to an aromatic ring is 1. The van der Waals surface area contributed by atoms with E-state index in [4.69, 9.17) is 5.73 Å². The van der Waals surface area contributed by atoms with Crippen LogP contribution in [0.15, 0.2) is 18.2 Å². The van der Waals surface area contributed by atoms with Crippen LogP contribution >= 0.6 is 24.8 Å². The predicted octanol–water partition coefficient (Wildman–Crippen LogP) is 2.49. The Hall–Kier alpha value is -0.600. The molecule has 0 atom stereocenters. The Balaban J connectivity index is 0. The molecule has 0 aliphatic rings. The topological polar surface area (TPSA) is 29.3 Å². The molecular formula is C9H16Cl2N2. The average Bonchev–Trinajstić information content (AvgIpc) is 1.94. The van der Waals surface area contributed by atoms with Crippen LogP contribution in [0.2, 0.25) is 0 Å². The summed E-state index contributed by atoms with van der Waals surface area (Å²) in [5.74, 6) is 0. The number of hydrogen-bond acceptors (Lipinski definition) is 2. The fraction of sp³-hybridized carbons (Fsp3) is 0.333. The third kappa shape index (κ3) is 3.75. The van der Waals surface area contributed by atoms with Gasteiger partial charge >= 0.3 is 0 Å². The highest BCUT2D eigenvalue weighted by Gasteiger charge is 1.98. The minimum Gasteiger partial charge on any atom is -0.399 e. The zero-order valence-electron chi connectivity index (χ0n) is 8.07. The Labute approximate surface area is 91.9 Å². The van der Waals surface area contributed by atoms with E-state index in [1.807, 2.05) is 32.3 Å². The van der Waals surface area contributed by atoms with Crippen molar-refractivity contribution in [1.29, 1.82) is 0 Å². The van der Waals surface area contributed by atoms with Crippen molar-refractivity contribution in [3.05, 3.63) is 23.8 Å². The smallest absolute Gasteiger partial charge is 0.0411 e. The van der Waals surface area contributed by atoms with E-state index in [9.17, 15) is 0 Å². The lowest BCUT2D eigenvalue weighted by atomic mass is 10.2. The summed E-state index contributed by atoms with van der Waals surface area (Å²) in [5, 5.41) is 0. The molecule has 2 nitrogen and oxygen atoms in total. The maximum absolute atomic E-state index is 5.64. The standard InChI is InChI=1S/C9H14N2.2ClH/c1-7-4-5-8(10)6-9(7)11(2)3;;/h4-6H,10H2,1-3H3;2*1H. The zero-order valence-corrected chi connectivity index (χ0v) is 9.71. The van der Waals surface area contributed by atoms with Crippen LogP contribution in [0.4, 0.5) is 11.4 Å².